The number of fused-ring (bicyclic) bond motifs is 5. The lowest BCUT2D eigenvalue weighted by atomic mass is 10.1. The van der Waals surface area contributed by atoms with Gasteiger partial charge in [0.05, 0.1) is 33.3 Å². The molecule has 2 aromatic heterocycles. The van der Waals surface area contributed by atoms with Gasteiger partial charge in [-0.3, -0.25) is 4.79 Å². The predicted molar refractivity (Wildman–Crippen MR) is 183 cm³/mol. The topological polar surface area (TPSA) is 135 Å². The summed E-state index contributed by atoms with van der Waals surface area (Å²) < 4.78 is 86.4. The number of anilines is 2. The first-order valence-corrected chi connectivity index (χ1v) is 17.8. The van der Waals surface area contributed by atoms with Gasteiger partial charge in [-0.2, -0.15) is 17.6 Å². The second-order valence-electron chi connectivity index (χ2n) is 12.2. The van der Waals surface area contributed by atoms with Crippen molar-refractivity contribution >= 4 is 43.9 Å². The highest BCUT2D eigenvalue weighted by Gasteiger charge is 2.42. The maximum atomic E-state index is 12.7. The maximum absolute atomic E-state index is 12.7. The highest BCUT2D eigenvalue weighted by molar-refractivity contribution is 7.86. The average molecular weight is 743 g/mol. The Morgan fingerprint density at radius 3 is 2.20 bits per heavy atom. The monoisotopic (exact) mass is 742 g/mol. The summed E-state index contributed by atoms with van der Waals surface area (Å²) in [5.41, 5.74) is -0.995. The van der Waals surface area contributed by atoms with Gasteiger partial charge < -0.3 is 33.7 Å². The van der Waals surface area contributed by atoms with Crippen LogP contribution in [0, 0.1) is 0 Å². The molecule has 50 heavy (non-hydrogen) atoms. The molecule has 12 nitrogen and oxygen atoms in total. The van der Waals surface area contributed by atoms with Gasteiger partial charge in [-0.15, -0.1) is 0 Å². The van der Waals surface area contributed by atoms with Crippen LogP contribution < -0.4 is 29.0 Å². The van der Waals surface area contributed by atoms with E-state index in [1.807, 2.05) is 24.3 Å². The van der Waals surface area contributed by atoms with Crippen LogP contribution in [0.15, 0.2) is 42.5 Å². The fourth-order valence-electron chi connectivity index (χ4n) is 5.54. The summed E-state index contributed by atoms with van der Waals surface area (Å²) in [4.78, 5) is 16.0. The zero-order chi connectivity index (χ0) is 37.2. The Morgan fingerprint density at radius 2 is 1.70 bits per heavy atom. The molecule has 0 radical (unpaired) electrons. The number of carbonyl (C=O) groups is 1. The minimum absolute atomic E-state index is 0.164. The largest absolute Gasteiger partial charge is 0.741 e. The first-order valence-electron chi connectivity index (χ1n) is 15.6. The van der Waals surface area contributed by atoms with Crippen molar-refractivity contribution in [3.05, 3.63) is 42.5 Å². The van der Waals surface area contributed by atoms with Gasteiger partial charge in [0.1, 0.15) is 24.1 Å². The third kappa shape index (κ3) is 8.05. The van der Waals surface area contributed by atoms with Crippen molar-refractivity contribution in [1.29, 1.82) is 0 Å². The first kappa shape index (κ1) is 38.6. The SMILES string of the molecule is CCN(CC)c1ccc2c(c1)OCC(CC(=O)OC)[n+]1c-2c(NC(C)(C)C)n2c(-c3ccc(OC)cc3)c(OC)sc21.O=S(=O)([O-])C(F)(F)F. The minimum atomic E-state index is -6.09. The molecule has 5 rings (SSSR count). The van der Waals surface area contributed by atoms with Crippen molar-refractivity contribution in [2.75, 3.05) is 51.2 Å². The Hall–Kier alpha value is -4.22. The van der Waals surface area contributed by atoms with E-state index < -0.39 is 15.6 Å². The summed E-state index contributed by atoms with van der Waals surface area (Å²) in [6.07, 6.45) is 0.164. The van der Waals surface area contributed by atoms with Gasteiger partial charge in [-0.1, -0.05) is 0 Å². The molecule has 0 aliphatic carbocycles. The molecule has 1 atom stereocenters. The second-order valence-corrected chi connectivity index (χ2v) is 14.5. The van der Waals surface area contributed by atoms with Gasteiger partial charge in [-0.05, 0) is 82.4 Å². The van der Waals surface area contributed by atoms with E-state index in [1.165, 1.54) is 7.11 Å². The number of methoxy groups -OCH3 is 3. The Bertz CT molecular complexity index is 1930. The Labute approximate surface area is 293 Å². The Balaban J connectivity index is 0.000000627. The van der Waals surface area contributed by atoms with Crippen molar-refractivity contribution < 1.29 is 54.5 Å². The van der Waals surface area contributed by atoms with Gasteiger partial charge in [0.2, 0.25) is 16.6 Å². The molecule has 3 heterocycles. The van der Waals surface area contributed by atoms with Crippen LogP contribution in [-0.4, -0.2) is 75.4 Å². The van der Waals surface area contributed by atoms with Gasteiger partial charge in [0, 0.05) is 35.9 Å². The number of rotatable bonds is 9. The molecule has 2 aromatic carbocycles. The number of nitrogens with one attached hydrogen (secondary N) is 1. The van der Waals surface area contributed by atoms with Gasteiger partial charge in [0.15, 0.2) is 15.8 Å². The van der Waals surface area contributed by atoms with Gasteiger partial charge in [0.25, 0.3) is 0 Å². The van der Waals surface area contributed by atoms with Crippen LogP contribution in [0.2, 0.25) is 0 Å². The van der Waals surface area contributed by atoms with Crippen LogP contribution in [0.5, 0.6) is 16.6 Å². The highest BCUT2D eigenvalue weighted by Crippen LogP contribution is 2.47. The lowest BCUT2D eigenvalue weighted by Crippen LogP contribution is -2.43. The molecular formula is C33H41F3N4O8S2. The lowest BCUT2D eigenvalue weighted by Gasteiger charge is -2.23. The number of halogens is 3. The van der Waals surface area contributed by atoms with Crippen LogP contribution in [0.4, 0.5) is 24.7 Å². The maximum Gasteiger partial charge on any atom is 0.485 e. The molecule has 1 unspecified atom stereocenters. The van der Waals surface area contributed by atoms with Crippen molar-refractivity contribution in [3.63, 3.8) is 0 Å². The number of alkyl halides is 3. The molecule has 1 aliphatic rings. The summed E-state index contributed by atoms with van der Waals surface area (Å²) in [6.45, 7) is 12.8. The highest BCUT2D eigenvalue weighted by atomic mass is 32.2. The number of esters is 1. The lowest BCUT2D eigenvalue weighted by molar-refractivity contribution is -0.684. The number of imidazole rings is 1. The normalized spacial score (nSPS) is 14.4. The summed E-state index contributed by atoms with van der Waals surface area (Å²) in [5, 5.41) is 4.57. The minimum Gasteiger partial charge on any atom is -0.741 e. The summed E-state index contributed by atoms with van der Waals surface area (Å²) in [6, 6.07) is 14.1. The number of hydrogen-bond acceptors (Lipinski definition) is 11. The second kappa shape index (κ2) is 14.9. The van der Waals surface area contributed by atoms with E-state index in [4.69, 9.17) is 31.9 Å². The van der Waals surface area contributed by atoms with Crippen LogP contribution in [0.3, 0.4) is 0 Å². The smallest absolute Gasteiger partial charge is 0.485 e. The number of hydrogen-bond donors (Lipinski definition) is 1. The Morgan fingerprint density at radius 1 is 1.08 bits per heavy atom. The molecule has 0 fully saturated rings. The molecule has 1 aliphatic heterocycles. The molecule has 0 saturated heterocycles. The zero-order valence-electron chi connectivity index (χ0n) is 29.0. The molecular weight excluding hydrogens is 702 g/mol. The fourth-order valence-corrected chi connectivity index (χ4v) is 6.71. The third-order valence-electron chi connectivity index (χ3n) is 7.79. The standard InChI is InChI=1S/C32H41N4O5S.CHF3O3S/c1-9-34(10-2)21-13-16-24-25(17-21)41-19-22(18-26(37)39-7)35-28(24)29(33-32(3,4)5)36-27(30(40-8)42-31(35)36)20-11-14-23(38-6)15-12-20;2-1(3,4)8(5,6)7/h11-17,22,33H,9-10,18-19H2,1-8H3;(H,5,6,7)/q+1;/p-1. The number of aromatic nitrogens is 2. The molecule has 0 saturated carbocycles. The van der Waals surface area contributed by atoms with Crippen LogP contribution in [0.25, 0.3) is 27.5 Å². The molecule has 0 amide bonds. The Kier molecular flexibility index (Phi) is 11.5. The van der Waals surface area contributed by atoms with E-state index in [1.54, 1.807) is 25.6 Å². The number of nitrogens with zero attached hydrogens (tertiary/aromatic N) is 3. The van der Waals surface area contributed by atoms with E-state index in [0.29, 0.717) is 6.61 Å². The van der Waals surface area contributed by atoms with Crippen molar-refractivity contribution in [1.82, 2.24) is 4.40 Å². The van der Waals surface area contributed by atoms with Crippen LogP contribution >= 0.6 is 11.3 Å². The summed E-state index contributed by atoms with van der Waals surface area (Å²) in [5.74, 6) is 2.18. The molecule has 0 bridgehead atoms. The molecule has 0 spiro atoms. The molecule has 4 aromatic rings. The quantitative estimate of drug-likeness (QED) is 0.0909. The number of ether oxygens (including phenoxy) is 4. The van der Waals surface area contributed by atoms with E-state index in [9.17, 15) is 18.0 Å². The third-order valence-corrected chi connectivity index (χ3v) is 9.46. The van der Waals surface area contributed by atoms with E-state index in [-0.39, 0.29) is 24.0 Å². The van der Waals surface area contributed by atoms with Gasteiger partial charge >= 0.3 is 16.4 Å². The predicted octanol–water partition coefficient (Wildman–Crippen LogP) is 6.24. The van der Waals surface area contributed by atoms with Crippen molar-refractivity contribution in [2.45, 2.75) is 58.1 Å². The van der Waals surface area contributed by atoms with Crippen molar-refractivity contribution in [2.24, 2.45) is 0 Å². The van der Waals surface area contributed by atoms with E-state index in [2.05, 4.69) is 72.0 Å². The number of benzene rings is 2. The van der Waals surface area contributed by atoms with E-state index >= 15 is 0 Å². The number of carbonyl (C=O) groups excluding carboxylic acids is 1. The first-order chi connectivity index (χ1) is 23.4. The van der Waals surface area contributed by atoms with E-state index in [0.717, 1.165) is 68.6 Å². The van der Waals surface area contributed by atoms with Crippen LogP contribution in [-0.2, 0) is 19.6 Å². The van der Waals surface area contributed by atoms with Crippen molar-refractivity contribution in [3.8, 4) is 39.1 Å². The molecule has 17 heteroatoms. The fraction of sp³-hybridized carbons (Fsp3) is 0.455. The average Bonchev–Trinajstić information content (AvgIpc) is 3.51. The van der Waals surface area contributed by atoms with Gasteiger partial charge in [-0.25, -0.2) is 13.0 Å². The zero-order valence-corrected chi connectivity index (χ0v) is 30.6. The number of thiazole rings is 1. The molecule has 1 N–H and O–H groups in total. The van der Waals surface area contributed by atoms with Crippen LogP contribution in [0.1, 0.15) is 47.1 Å². The summed E-state index contributed by atoms with van der Waals surface area (Å²) >= 11 is 1.54. The molecule has 274 valence electrons. The summed E-state index contributed by atoms with van der Waals surface area (Å²) in [7, 11) is -1.31.